The number of fused-ring (bicyclic) bond motifs is 1. The van der Waals surface area contributed by atoms with E-state index in [1.807, 2.05) is 17.5 Å². The topological polar surface area (TPSA) is 23.8 Å². The molecular formula is C14H10ClNS2. The van der Waals surface area contributed by atoms with Gasteiger partial charge in [0.05, 0.1) is 10.6 Å². The van der Waals surface area contributed by atoms with E-state index in [1.165, 1.54) is 16.9 Å². The van der Waals surface area contributed by atoms with Gasteiger partial charge in [0.1, 0.15) is 6.07 Å². The second-order valence-corrected chi connectivity index (χ2v) is 6.65. The molecule has 0 saturated carbocycles. The lowest BCUT2D eigenvalue weighted by atomic mass is 10.2. The Kier molecular flexibility index (Phi) is 3.25. The molecule has 1 nitrogen and oxygen atoms in total. The molecule has 0 fully saturated rings. The van der Waals surface area contributed by atoms with E-state index in [9.17, 15) is 5.26 Å². The first kappa shape index (κ1) is 12.0. The van der Waals surface area contributed by atoms with E-state index in [-0.39, 0.29) is 0 Å². The molecule has 0 amide bonds. The zero-order valence-corrected chi connectivity index (χ0v) is 12.0. The third-order valence-electron chi connectivity index (χ3n) is 3.06. The van der Waals surface area contributed by atoms with Crippen LogP contribution in [-0.4, -0.2) is 0 Å². The van der Waals surface area contributed by atoms with E-state index in [0.717, 1.165) is 22.6 Å². The predicted molar refractivity (Wildman–Crippen MR) is 78.9 cm³/mol. The average molecular weight is 292 g/mol. The van der Waals surface area contributed by atoms with Crippen LogP contribution in [-0.2, 0) is 12.8 Å². The van der Waals surface area contributed by atoms with Crippen LogP contribution in [0.15, 0.2) is 23.6 Å². The van der Waals surface area contributed by atoms with Gasteiger partial charge in [0, 0.05) is 14.6 Å². The van der Waals surface area contributed by atoms with Gasteiger partial charge in [-0.25, -0.2) is 0 Å². The Balaban J connectivity index is 2.06. The second-order valence-electron chi connectivity index (χ2n) is 4.19. The molecule has 3 rings (SSSR count). The van der Waals surface area contributed by atoms with Crippen LogP contribution < -0.4 is 0 Å². The Morgan fingerprint density at radius 2 is 2.22 bits per heavy atom. The predicted octanol–water partition coefficient (Wildman–Crippen LogP) is 4.93. The lowest BCUT2D eigenvalue weighted by molar-refractivity contribution is 0.914. The van der Waals surface area contributed by atoms with E-state index in [0.29, 0.717) is 10.6 Å². The molecule has 0 spiro atoms. The highest BCUT2D eigenvalue weighted by molar-refractivity contribution is 7.14. The first-order chi connectivity index (χ1) is 8.79. The van der Waals surface area contributed by atoms with Crippen molar-refractivity contribution in [3.8, 4) is 6.07 Å². The molecule has 0 unspecified atom stereocenters. The molecule has 90 valence electrons. The van der Waals surface area contributed by atoms with Gasteiger partial charge < -0.3 is 0 Å². The van der Waals surface area contributed by atoms with Gasteiger partial charge in [0.15, 0.2) is 0 Å². The van der Waals surface area contributed by atoms with Crippen molar-refractivity contribution < 1.29 is 0 Å². The fraction of sp³-hybridized carbons (Fsp3) is 0.214. The maximum atomic E-state index is 9.30. The molecule has 4 heteroatoms. The van der Waals surface area contributed by atoms with Gasteiger partial charge in [-0.2, -0.15) is 5.26 Å². The normalized spacial score (nSPS) is 15.1. The number of hydrogen-bond acceptors (Lipinski definition) is 3. The zero-order valence-electron chi connectivity index (χ0n) is 9.57. The number of rotatable bonds is 2. The van der Waals surface area contributed by atoms with Crippen molar-refractivity contribution in [3.05, 3.63) is 43.8 Å². The largest absolute Gasteiger partial charge is 0.192 e. The number of halogens is 1. The molecule has 0 atom stereocenters. The Bertz CT molecular complexity index is 622. The molecule has 1 aliphatic carbocycles. The highest BCUT2D eigenvalue weighted by atomic mass is 35.5. The summed E-state index contributed by atoms with van der Waals surface area (Å²) in [4.78, 5) is 3.41. The van der Waals surface area contributed by atoms with Crippen molar-refractivity contribution >= 4 is 44.9 Å². The number of aryl methyl sites for hydroxylation is 2. The van der Waals surface area contributed by atoms with E-state index < -0.39 is 0 Å². The van der Waals surface area contributed by atoms with Crippen molar-refractivity contribution in [3.63, 3.8) is 0 Å². The Morgan fingerprint density at radius 1 is 1.33 bits per heavy atom. The summed E-state index contributed by atoms with van der Waals surface area (Å²) in [6, 6.07) is 8.26. The van der Waals surface area contributed by atoms with Gasteiger partial charge in [-0.1, -0.05) is 17.7 Å². The Hall–Kier alpha value is -1.08. The smallest absolute Gasteiger partial charge is 0.102 e. The standard InChI is InChI=1S/C14H10ClNS2/c15-14(10(8-16)12-5-2-6-17-12)13-7-9-3-1-4-11(9)18-13/h2,5-7H,1,3-4H2. The zero-order chi connectivity index (χ0) is 12.5. The Morgan fingerprint density at radius 3 is 2.89 bits per heavy atom. The quantitative estimate of drug-likeness (QED) is 0.720. The fourth-order valence-electron chi connectivity index (χ4n) is 2.19. The van der Waals surface area contributed by atoms with Crippen LogP contribution in [0.3, 0.4) is 0 Å². The first-order valence-electron chi connectivity index (χ1n) is 5.75. The third-order valence-corrected chi connectivity index (χ3v) is 5.71. The number of hydrogen-bond donors (Lipinski definition) is 0. The van der Waals surface area contributed by atoms with Crippen LogP contribution in [0, 0.1) is 11.3 Å². The molecular weight excluding hydrogens is 282 g/mol. The van der Waals surface area contributed by atoms with Crippen molar-refractivity contribution in [2.24, 2.45) is 0 Å². The Labute approximate surface area is 119 Å². The summed E-state index contributed by atoms with van der Waals surface area (Å²) in [7, 11) is 0. The molecule has 18 heavy (non-hydrogen) atoms. The van der Waals surface area contributed by atoms with E-state index in [2.05, 4.69) is 12.1 Å². The molecule has 0 bridgehead atoms. The second kappa shape index (κ2) is 4.89. The minimum Gasteiger partial charge on any atom is -0.192 e. The van der Waals surface area contributed by atoms with Crippen LogP contribution >= 0.6 is 34.3 Å². The van der Waals surface area contributed by atoms with Crippen molar-refractivity contribution in [1.29, 1.82) is 5.26 Å². The highest BCUT2D eigenvalue weighted by Gasteiger charge is 2.18. The minimum absolute atomic E-state index is 0.589. The van der Waals surface area contributed by atoms with Crippen LogP contribution in [0.2, 0.25) is 0 Å². The van der Waals surface area contributed by atoms with Gasteiger partial charge in [-0.3, -0.25) is 0 Å². The fourth-order valence-corrected chi connectivity index (χ4v) is 4.49. The molecule has 2 aromatic heterocycles. The van der Waals surface area contributed by atoms with Crippen molar-refractivity contribution in [2.45, 2.75) is 19.3 Å². The first-order valence-corrected chi connectivity index (χ1v) is 7.82. The van der Waals surface area contributed by atoms with E-state index in [4.69, 9.17) is 11.6 Å². The van der Waals surface area contributed by atoms with Gasteiger partial charge in [-0.05, 0) is 42.3 Å². The highest BCUT2D eigenvalue weighted by Crippen LogP contribution is 2.39. The lowest BCUT2D eigenvalue weighted by Gasteiger charge is -1.99. The maximum Gasteiger partial charge on any atom is 0.102 e. The monoisotopic (exact) mass is 291 g/mol. The van der Waals surface area contributed by atoms with Crippen molar-refractivity contribution in [1.82, 2.24) is 0 Å². The van der Waals surface area contributed by atoms with Gasteiger partial charge in [0.2, 0.25) is 0 Å². The summed E-state index contributed by atoms with van der Waals surface area (Å²) in [5, 5.41) is 11.9. The van der Waals surface area contributed by atoms with Crippen LogP contribution in [0.4, 0.5) is 0 Å². The SMILES string of the molecule is N#CC(=C(Cl)c1cc2c(s1)CCC2)c1cccs1. The molecule has 0 aliphatic heterocycles. The summed E-state index contributed by atoms with van der Waals surface area (Å²) in [5.74, 6) is 0. The summed E-state index contributed by atoms with van der Waals surface area (Å²) in [6.45, 7) is 0. The summed E-state index contributed by atoms with van der Waals surface area (Å²) in [5.41, 5.74) is 2.00. The van der Waals surface area contributed by atoms with Crippen LogP contribution in [0.1, 0.15) is 26.6 Å². The average Bonchev–Trinajstić information content (AvgIpc) is 3.05. The van der Waals surface area contributed by atoms with Crippen molar-refractivity contribution in [2.75, 3.05) is 0 Å². The van der Waals surface area contributed by atoms with Gasteiger partial charge >= 0.3 is 0 Å². The summed E-state index contributed by atoms with van der Waals surface area (Å²) >= 11 is 9.69. The summed E-state index contributed by atoms with van der Waals surface area (Å²) < 4.78 is 0. The minimum atomic E-state index is 0.589. The molecule has 0 saturated heterocycles. The lowest BCUT2D eigenvalue weighted by Crippen LogP contribution is -1.80. The molecule has 2 heterocycles. The molecule has 0 aromatic carbocycles. The number of nitrogens with zero attached hydrogens (tertiary/aromatic N) is 1. The number of nitriles is 1. The van der Waals surface area contributed by atoms with E-state index in [1.54, 1.807) is 22.7 Å². The number of allylic oxidation sites excluding steroid dienone is 1. The number of thiophene rings is 2. The molecule has 0 N–H and O–H groups in total. The van der Waals surface area contributed by atoms with Crippen LogP contribution in [0.25, 0.3) is 10.6 Å². The van der Waals surface area contributed by atoms with Crippen LogP contribution in [0.5, 0.6) is 0 Å². The summed E-state index contributed by atoms with van der Waals surface area (Å²) in [6.07, 6.45) is 3.56. The van der Waals surface area contributed by atoms with E-state index >= 15 is 0 Å². The van der Waals surface area contributed by atoms with Gasteiger partial charge in [0.25, 0.3) is 0 Å². The molecule has 2 aromatic rings. The molecule has 0 radical (unpaired) electrons. The third kappa shape index (κ3) is 2.01. The molecule has 1 aliphatic rings. The maximum absolute atomic E-state index is 9.30. The van der Waals surface area contributed by atoms with Gasteiger partial charge in [-0.15, -0.1) is 22.7 Å².